The quantitative estimate of drug-likeness (QED) is 0.519. The molecule has 1 aliphatic carbocycles. The van der Waals surface area contributed by atoms with Crippen molar-refractivity contribution in [1.29, 1.82) is 0 Å². The molecule has 0 saturated carbocycles. The first-order chi connectivity index (χ1) is 13.2. The number of furan rings is 1. The van der Waals surface area contributed by atoms with E-state index in [1.807, 2.05) is 12.1 Å². The van der Waals surface area contributed by atoms with Crippen LogP contribution in [0.2, 0.25) is 0 Å². The first-order valence-electron chi connectivity index (χ1n) is 10.1. The summed E-state index contributed by atoms with van der Waals surface area (Å²) in [7, 11) is 0. The van der Waals surface area contributed by atoms with E-state index in [1.54, 1.807) is 6.92 Å². The molecule has 1 aromatic carbocycles. The Morgan fingerprint density at radius 2 is 1.75 bits per heavy atom. The molecule has 0 N–H and O–H groups in total. The van der Waals surface area contributed by atoms with E-state index in [0.29, 0.717) is 25.2 Å². The van der Waals surface area contributed by atoms with Crippen LogP contribution in [0.3, 0.4) is 0 Å². The van der Waals surface area contributed by atoms with Crippen molar-refractivity contribution in [1.82, 2.24) is 0 Å². The van der Waals surface area contributed by atoms with Gasteiger partial charge in [-0.1, -0.05) is 39.7 Å². The summed E-state index contributed by atoms with van der Waals surface area (Å²) in [6.07, 6.45) is 3.25. The van der Waals surface area contributed by atoms with Crippen molar-refractivity contribution in [3.8, 4) is 11.8 Å². The topological polar surface area (TPSA) is 39.4 Å². The van der Waals surface area contributed by atoms with Gasteiger partial charge in [0.25, 0.3) is 0 Å². The highest BCUT2D eigenvalue weighted by Crippen LogP contribution is 2.45. The van der Waals surface area contributed by atoms with Crippen LogP contribution in [0.25, 0.3) is 0 Å². The lowest BCUT2D eigenvalue weighted by Gasteiger charge is -2.41. The van der Waals surface area contributed by atoms with Crippen molar-refractivity contribution in [3.63, 3.8) is 0 Å². The van der Waals surface area contributed by atoms with Crippen molar-refractivity contribution < 1.29 is 13.9 Å². The van der Waals surface area contributed by atoms with Crippen LogP contribution in [0, 0.1) is 11.8 Å². The van der Waals surface area contributed by atoms with Crippen LogP contribution in [0.4, 0.5) is 0 Å². The van der Waals surface area contributed by atoms with Gasteiger partial charge in [0.1, 0.15) is 5.76 Å². The van der Waals surface area contributed by atoms with Gasteiger partial charge >= 0.3 is 5.97 Å². The van der Waals surface area contributed by atoms with Crippen LogP contribution in [0.15, 0.2) is 34.7 Å². The van der Waals surface area contributed by atoms with E-state index < -0.39 is 0 Å². The average Bonchev–Trinajstić information content (AvgIpc) is 3.10. The fourth-order valence-electron chi connectivity index (χ4n) is 3.84. The van der Waals surface area contributed by atoms with E-state index in [-0.39, 0.29) is 16.8 Å². The normalized spacial score (nSPS) is 16.6. The number of ether oxygens (including phenoxy) is 1. The van der Waals surface area contributed by atoms with Crippen molar-refractivity contribution in [2.45, 2.75) is 71.1 Å². The van der Waals surface area contributed by atoms with Gasteiger partial charge in [-0.25, -0.2) is 0 Å². The minimum atomic E-state index is -0.203. The lowest BCUT2D eigenvalue weighted by atomic mass is 9.63. The Bertz CT molecular complexity index is 919. The number of carbonyl (C=O) groups is 1. The van der Waals surface area contributed by atoms with Crippen LogP contribution in [-0.4, -0.2) is 12.6 Å². The predicted molar refractivity (Wildman–Crippen MR) is 111 cm³/mol. The number of fused-ring (bicyclic) bond motifs is 1. The molecular weight excluding hydrogens is 348 g/mol. The van der Waals surface area contributed by atoms with Crippen LogP contribution in [0.5, 0.6) is 0 Å². The van der Waals surface area contributed by atoms with E-state index in [1.165, 1.54) is 24.0 Å². The Hall–Kier alpha value is -2.47. The minimum Gasteiger partial charge on any atom is -0.466 e. The van der Waals surface area contributed by atoms with Gasteiger partial charge in [-0.3, -0.25) is 4.79 Å². The van der Waals surface area contributed by atoms with Gasteiger partial charge in [0, 0.05) is 12.0 Å². The van der Waals surface area contributed by atoms with Gasteiger partial charge in [-0.05, 0) is 71.9 Å². The smallest absolute Gasteiger partial charge is 0.306 e. The van der Waals surface area contributed by atoms with Crippen LogP contribution in [0.1, 0.15) is 82.1 Å². The summed E-state index contributed by atoms with van der Waals surface area (Å²) in [6, 6.07) is 10.3. The molecule has 3 nitrogen and oxygen atoms in total. The fourth-order valence-corrected chi connectivity index (χ4v) is 3.84. The number of esters is 1. The summed E-state index contributed by atoms with van der Waals surface area (Å²) in [4.78, 5) is 11.5. The number of aryl methyl sites for hydroxylation is 1. The molecule has 3 heteroatoms. The van der Waals surface area contributed by atoms with Crippen molar-refractivity contribution in [2.75, 3.05) is 6.61 Å². The van der Waals surface area contributed by atoms with Gasteiger partial charge in [-0.15, -0.1) is 0 Å². The minimum absolute atomic E-state index is 0.174. The molecule has 1 heterocycles. The third-order valence-corrected chi connectivity index (χ3v) is 5.73. The number of hydrogen-bond donors (Lipinski definition) is 0. The molecule has 0 atom stereocenters. The summed E-state index contributed by atoms with van der Waals surface area (Å²) in [5.41, 5.74) is 4.24. The second-order valence-corrected chi connectivity index (χ2v) is 8.85. The number of rotatable bonds is 4. The zero-order valence-corrected chi connectivity index (χ0v) is 17.6. The molecule has 3 rings (SSSR count). The maximum absolute atomic E-state index is 11.5. The lowest BCUT2D eigenvalue weighted by molar-refractivity contribution is -0.143. The molecule has 0 bridgehead atoms. The largest absolute Gasteiger partial charge is 0.466 e. The molecule has 0 aliphatic heterocycles. The molecular formula is C25H30O3. The van der Waals surface area contributed by atoms with Crippen molar-refractivity contribution in [2.24, 2.45) is 0 Å². The highest BCUT2D eigenvalue weighted by atomic mass is 16.5. The van der Waals surface area contributed by atoms with E-state index in [9.17, 15) is 4.79 Å². The highest BCUT2D eigenvalue weighted by Gasteiger charge is 2.36. The van der Waals surface area contributed by atoms with Crippen LogP contribution >= 0.6 is 0 Å². The SMILES string of the molecule is CCOC(=O)CCc1ccc(C#Cc2ccc3c(c2)C(C)(C)CCC3(C)C)o1. The first-order valence-corrected chi connectivity index (χ1v) is 10.1. The summed E-state index contributed by atoms with van der Waals surface area (Å²) in [5, 5.41) is 0. The van der Waals surface area contributed by atoms with Gasteiger partial charge in [0.15, 0.2) is 5.76 Å². The Balaban J connectivity index is 1.76. The van der Waals surface area contributed by atoms with Crippen molar-refractivity contribution in [3.05, 3.63) is 58.5 Å². The Morgan fingerprint density at radius 1 is 1.04 bits per heavy atom. The third kappa shape index (κ3) is 4.50. The molecule has 0 amide bonds. The zero-order valence-electron chi connectivity index (χ0n) is 17.6. The van der Waals surface area contributed by atoms with E-state index >= 15 is 0 Å². The Morgan fingerprint density at radius 3 is 2.46 bits per heavy atom. The third-order valence-electron chi connectivity index (χ3n) is 5.73. The summed E-state index contributed by atoms with van der Waals surface area (Å²) >= 11 is 0. The molecule has 0 radical (unpaired) electrons. The molecule has 0 fully saturated rings. The average molecular weight is 379 g/mol. The van der Waals surface area contributed by atoms with Gasteiger partial charge in [0.2, 0.25) is 0 Å². The predicted octanol–water partition coefficient (Wildman–Crippen LogP) is 5.52. The summed E-state index contributed by atoms with van der Waals surface area (Å²) in [6.45, 7) is 11.5. The Kier molecular flexibility index (Phi) is 5.70. The van der Waals surface area contributed by atoms with E-state index in [2.05, 4.69) is 57.7 Å². The van der Waals surface area contributed by atoms with E-state index in [0.717, 1.165) is 11.3 Å². The van der Waals surface area contributed by atoms with Gasteiger partial charge < -0.3 is 9.15 Å². The maximum atomic E-state index is 11.5. The maximum Gasteiger partial charge on any atom is 0.306 e. The zero-order chi connectivity index (χ0) is 20.4. The van der Waals surface area contributed by atoms with Gasteiger partial charge in [-0.2, -0.15) is 0 Å². The first kappa shape index (κ1) is 20.3. The Labute approximate surface area is 168 Å². The molecule has 1 aromatic heterocycles. The molecule has 1 aliphatic rings. The molecule has 0 unspecified atom stereocenters. The molecule has 28 heavy (non-hydrogen) atoms. The van der Waals surface area contributed by atoms with Crippen LogP contribution < -0.4 is 0 Å². The molecule has 0 saturated heterocycles. The second kappa shape index (κ2) is 7.87. The summed E-state index contributed by atoms with van der Waals surface area (Å²) in [5.74, 6) is 7.53. The molecule has 2 aromatic rings. The molecule has 0 spiro atoms. The molecule has 148 valence electrons. The summed E-state index contributed by atoms with van der Waals surface area (Å²) < 4.78 is 10.7. The fraction of sp³-hybridized carbons (Fsp3) is 0.480. The lowest BCUT2D eigenvalue weighted by Crippen LogP contribution is -2.33. The number of carbonyl (C=O) groups excluding carboxylic acids is 1. The van der Waals surface area contributed by atoms with Gasteiger partial charge in [0.05, 0.1) is 13.0 Å². The monoisotopic (exact) mass is 378 g/mol. The van der Waals surface area contributed by atoms with Crippen LogP contribution in [-0.2, 0) is 26.8 Å². The highest BCUT2D eigenvalue weighted by molar-refractivity contribution is 5.69. The van der Waals surface area contributed by atoms with E-state index in [4.69, 9.17) is 9.15 Å². The standard InChI is InChI=1S/C25H30O3/c1-6-27-23(26)14-12-20-11-10-19(28-20)9-7-18-8-13-21-22(17-18)25(4,5)16-15-24(21,2)3/h8,10-11,13,17H,6,12,14-16H2,1-5H3. The van der Waals surface area contributed by atoms with Crippen molar-refractivity contribution >= 4 is 5.97 Å². The number of hydrogen-bond acceptors (Lipinski definition) is 3. The second-order valence-electron chi connectivity index (χ2n) is 8.85. The number of benzene rings is 1.